The van der Waals surface area contributed by atoms with Gasteiger partial charge in [-0.05, 0) is 31.0 Å². The molecular formula is C14H18N2O2S. The third-order valence-electron chi connectivity index (χ3n) is 3.51. The van der Waals surface area contributed by atoms with Crippen LogP contribution in [0.25, 0.3) is 10.8 Å². The maximum atomic E-state index is 11.8. The monoisotopic (exact) mass is 278 g/mol. The topological polar surface area (TPSA) is 59.1 Å². The molecule has 0 amide bonds. The Bertz CT molecular complexity index is 677. The molecular weight excluding hydrogens is 260 g/mol. The maximum absolute atomic E-state index is 11.8. The number of hydrogen-bond acceptors (Lipinski definition) is 4. The lowest BCUT2D eigenvalue weighted by Crippen LogP contribution is -2.33. The Morgan fingerprint density at radius 2 is 2.00 bits per heavy atom. The second-order valence-corrected chi connectivity index (χ2v) is 7.15. The quantitative estimate of drug-likeness (QED) is 0.928. The van der Waals surface area contributed by atoms with Crippen molar-refractivity contribution in [3.8, 4) is 0 Å². The number of fused-ring (bicyclic) bond motifs is 1. The van der Waals surface area contributed by atoms with E-state index in [9.17, 15) is 8.42 Å². The summed E-state index contributed by atoms with van der Waals surface area (Å²) in [4.78, 5) is 4.13. The highest BCUT2D eigenvalue weighted by atomic mass is 32.2. The van der Waals surface area contributed by atoms with Gasteiger partial charge in [-0.1, -0.05) is 18.2 Å². The van der Waals surface area contributed by atoms with Crippen molar-refractivity contribution >= 4 is 20.6 Å². The van der Waals surface area contributed by atoms with Gasteiger partial charge in [-0.3, -0.25) is 4.98 Å². The fraction of sp³-hybridized carbons (Fsp3) is 0.357. The Hall–Kier alpha value is -1.46. The first kappa shape index (κ1) is 14.0. The smallest absolute Gasteiger partial charge is 0.151 e. The van der Waals surface area contributed by atoms with Crippen molar-refractivity contribution in [3.05, 3.63) is 42.2 Å². The summed E-state index contributed by atoms with van der Waals surface area (Å²) in [6.45, 7) is 1.73. The molecule has 1 heterocycles. The Morgan fingerprint density at radius 3 is 2.63 bits per heavy atom. The number of sulfone groups is 1. The molecule has 0 bridgehead atoms. The molecule has 0 fully saturated rings. The van der Waals surface area contributed by atoms with Gasteiger partial charge in [0.05, 0.1) is 5.25 Å². The van der Waals surface area contributed by atoms with E-state index in [2.05, 4.69) is 10.3 Å². The van der Waals surface area contributed by atoms with Gasteiger partial charge < -0.3 is 5.32 Å². The van der Waals surface area contributed by atoms with Crippen LogP contribution in [0.15, 0.2) is 36.7 Å². The number of pyridine rings is 1. The molecule has 0 spiro atoms. The molecule has 2 rings (SSSR count). The van der Waals surface area contributed by atoms with Crippen molar-refractivity contribution in [2.24, 2.45) is 0 Å². The summed E-state index contributed by atoms with van der Waals surface area (Å²) in [6, 6.07) is 7.57. The fourth-order valence-electron chi connectivity index (χ4n) is 2.30. The zero-order valence-electron chi connectivity index (χ0n) is 11.3. The van der Waals surface area contributed by atoms with Gasteiger partial charge in [-0.25, -0.2) is 8.42 Å². The summed E-state index contributed by atoms with van der Waals surface area (Å²) in [6.07, 6.45) is 4.79. The van der Waals surface area contributed by atoms with E-state index in [0.29, 0.717) is 0 Å². The minimum absolute atomic E-state index is 0.247. The van der Waals surface area contributed by atoms with Crippen LogP contribution in [0.1, 0.15) is 18.5 Å². The molecule has 2 atom stereocenters. The molecule has 5 heteroatoms. The molecule has 0 saturated heterocycles. The van der Waals surface area contributed by atoms with E-state index >= 15 is 0 Å². The molecule has 102 valence electrons. The predicted octanol–water partition coefficient (Wildman–Crippen LogP) is 1.93. The Labute approximate surface area is 113 Å². The van der Waals surface area contributed by atoms with Gasteiger partial charge in [0.1, 0.15) is 0 Å². The molecule has 0 aliphatic rings. The van der Waals surface area contributed by atoms with Crippen LogP contribution in [-0.2, 0) is 9.84 Å². The summed E-state index contributed by atoms with van der Waals surface area (Å²) >= 11 is 0. The van der Waals surface area contributed by atoms with Crippen molar-refractivity contribution in [3.63, 3.8) is 0 Å². The Morgan fingerprint density at radius 1 is 1.26 bits per heavy atom. The third-order valence-corrected chi connectivity index (χ3v) is 5.13. The van der Waals surface area contributed by atoms with Crippen molar-refractivity contribution < 1.29 is 8.42 Å². The van der Waals surface area contributed by atoms with E-state index in [1.165, 1.54) is 6.26 Å². The van der Waals surface area contributed by atoms with Crippen molar-refractivity contribution in [1.82, 2.24) is 10.3 Å². The third kappa shape index (κ3) is 2.77. The van der Waals surface area contributed by atoms with E-state index < -0.39 is 15.1 Å². The highest BCUT2D eigenvalue weighted by molar-refractivity contribution is 7.91. The maximum Gasteiger partial charge on any atom is 0.151 e. The average molecular weight is 278 g/mol. The van der Waals surface area contributed by atoms with E-state index in [1.807, 2.05) is 24.3 Å². The summed E-state index contributed by atoms with van der Waals surface area (Å²) in [5.41, 5.74) is 0.964. The van der Waals surface area contributed by atoms with Gasteiger partial charge >= 0.3 is 0 Å². The molecule has 19 heavy (non-hydrogen) atoms. The zero-order chi connectivity index (χ0) is 14.0. The second-order valence-electron chi connectivity index (χ2n) is 4.75. The fourth-order valence-corrected chi connectivity index (χ4v) is 3.08. The van der Waals surface area contributed by atoms with Gasteiger partial charge in [0.15, 0.2) is 9.84 Å². The van der Waals surface area contributed by atoms with Crippen molar-refractivity contribution in [1.29, 1.82) is 0 Å². The van der Waals surface area contributed by atoms with Crippen LogP contribution in [0, 0.1) is 0 Å². The highest BCUT2D eigenvalue weighted by Crippen LogP contribution is 2.27. The lowest BCUT2D eigenvalue weighted by Gasteiger charge is -2.23. The van der Waals surface area contributed by atoms with E-state index in [4.69, 9.17) is 0 Å². The Kier molecular flexibility index (Phi) is 3.87. The van der Waals surface area contributed by atoms with Crippen LogP contribution in [0.5, 0.6) is 0 Å². The van der Waals surface area contributed by atoms with Crippen LogP contribution in [-0.4, -0.2) is 32.0 Å². The first-order valence-corrected chi connectivity index (χ1v) is 8.09. The highest BCUT2D eigenvalue weighted by Gasteiger charge is 2.27. The van der Waals surface area contributed by atoms with Gasteiger partial charge in [0.25, 0.3) is 0 Å². The van der Waals surface area contributed by atoms with Crippen molar-refractivity contribution in [2.75, 3.05) is 13.3 Å². The molecule has 0 radical (unpaired) electrons. The Balaban J connectivity index is 2.59. The molecule has 0 aliphatic carbocycles. The van der Waals surface area contributed by atoms with Crippen LogP contribution < -0.4 is 5.32 Å². The summed E-state index contributed by atoms with van der Waals surface area (Å²) < 4.78 is 23.6. The summed E-state index contributed by atoms with van der Waals surface area (Å²) in [5.74, 6) is 0. The predicted molar refractivity (Wildman–Crippen MR) is 77.8 cm³/mol. The molecule has 1 aromatic carbocycles. The van der Waals surface area contributed by atoms with Crippen LogP contribution in [0.4, 0.5) is 0 Å². The molecule has 0 aliphatic heterocycles. The van der Waals surface area contributed by atoms with Crippen molar-refractivity contribution in [2.45, 2.75) is 18.2 Å². The minimum Gasteiger partial charge on any atom is -0.312 e. The zero-order valence-corrected chi connectivity index (χ0v) is 12.1. The number of hydrogen-bond donors (Lipinski definition) is 1. The minimum atomic E-state index is -3.11. The largest absolute Gasteiger partial charge is 0.312 e. The first-order chi connectivity index (χ1) is 8.95. The van der Waals surface area contributed by atoms with Crippen LogP contribution in [0.3, 0.4) is 0 Å². The molecule has 1 N–H and O–H groups in total. The van der Waals surface area contributed by atoms with Gasteiger partial charge in [-0.2, -0.15) is 0 Å². The van der Waals surface area contributed by atoms with Gasteiger partial charge in [0, 0.05) is 30.1 Å². The van der Waals surface area contributed by atoms with E-state index in [1.54, 1.807) is 26.4 Å². The molecule has 4 nitrogen and oxygen atoms in total. The summed E-state index contributed by atoms with van der Waals surface area (Å²) in [5, 5.41) is 4.66. The number of aromatic nitrogens is 1. The van der Waals surface area contributed by atoms with Crippen LogP contribution in [0.2, 0.25) is 0 Å². The normalized spacial score (nSPS) is 15.3. The molecule has 2 unspecified atom stereocenters. The van der Waals surface area contributed by atoms with Gasteiger partial charge in [-0.15, -0.1) is 0 Å². The van der Waals surface area contributed by atoms with E-state index in [-0.39, 0.29) is 6.04 Å². The molecule has 1 aromatic heterocycles. The number of nitrogens with one attached hydrogen (secondary N) is 1. The number of nitrogens with zero attached hydrogens (tertiary/aromatic N) is 1. The summed E-state index contributed by atoms with van der Waals surface area (Å²) in [7, 11) is -1.33. The standard InChI is InChI=1S/C14H18N2O2S/c1-10(19(3,17)18)14(15-2)12-6-4-5-11-7-8-16-9-13(11)12/h4-10,14-15H,1-3H3. The van der Waals surface area contributed by atoms with Crippen LogP contribution >= 0.6 is 0 Å². The lowest BCUT2D eigenvalue weighted by molar-refractivity contribution is 0.537. The number of rotatable bonds is 4. The molecule has 2 aromatic rings. The second kappa shape index (κ2) is 5.27. The molecule has 0 saturated carbocycles. The average Bonchev–Trinajstić information content (AvgIpc) is 2.38. The van der Waals surface area contributed by atoms with Gasteiger partial charge in [0.2, 0.25) is 0 Å². The lowest BCUT2D eigenvalue weighted by atomic mass is 9.98. The number of benzene rings is 1. The first-order valence-electron chi connectivity index (χ1n) is 6.14. The van der Waals surface area contributed by atoms with E-state index in [0.717, 1.165) is 16.3 Å². The SMILES string of the molecule is CNC(c1cccc2ccncc12)C(C)S(C)(=O)=O.